The molecule has 2 N–H and O–H groups in total. The van der Waals surface area contributed by atoms with Crippen LogP contribution in [0.25, 0.3) is 10.8 Å². The SMILES string of the molecule is C=CS.NCc1cncc2ccccc12. The van der Waals surface area contributed by atoms with E-state index >= 15 is 0 Å². The molecule has 2 rings (SSSR count). The van der Waals surface area contributed by atoms with Gasteiger partial charge in [-0.15, -0.1) is 0 Å². The van der Waals surface area contributed by atoms with Crippen LogP contribution in [0, 0.1) is 0 Å². The van der Waals surface area contributed by atoms with Crippen molar-refractivity contribution in [2.24, 2.45) is 5.73 Å². The van der Waals surface area contributed by atoms with E-state index in [4.69, 9.17) is 5.73 Å². The summed E-state index contributed by atoms with van der Waals surface area (Å²) in [5, 5.41) is 3.80. The Bertz CT molecular complexity index is 435. The van der Waals surface area contributed by atoms with E-state index in [1.807, 2.05) is 30.6 Å². The summed E-state index contributed by atoms with van der Waals surface area (Å²) in [6.45, 7) is 3.78. The van der Waals surface area contributed by atoms with Crippen molar-refractivity contribution in [1.82, 2.24) is 4.98 Å². The molecule has 78 valence electrons. The molecule has 0 saturated carbocycles. The number of hydrogen-bond donors (Lipinski definition) is 2. The molecule has 0 atom stereocenters. The number of aromatic nitrogens is 1. The Hall–Kier alpha value is -1.32. The van der Waals surface area contributed by atoms with Crippen molar-refractivity contribution in [1.29, 1.82) is 0 Å². The standard InChI is InChI=1S/C10H10N2.C2H4S/c11-5-9-7-12-6-8-3-1-2-4-10(8)9;1-2-3/h1-4,6-7H,5,11H2;2-3H,1H2. The minimum atomic E-state index is 0.550. The molecule has 1 heterocycles. The van der Waals surface area contributed by atoms with Gasteiger partial charge >= 0.3 is 0 Å². The van der Waals surface area contributed by atoms with E-state index in [9.17, 15) is 0 Å². The highest BCUT2D eigenvalue weighted by molar-refractivity contribution is 7.83. The lowest BCUT2D eigenvalue weighted by Gasteiger charge is -2.01. The molecule has 0 bridgehead atoms. The summed E-state index contributed by atoms with van der Waals surface area (Å²) in [5.74, 6) is 0. The molecule has 0 aliphatic heterocycles. The summed E-state index contributed by atoms with van der Waals surface area (Å²) >= 11 is 3.55. The molecule has 0 aliphatic carbocycles. The van der Waals surface area contributed by atoms with E-state index in [0.29, 0.717) is 6.54 Å². The van der Waals surface area contributed by atoms with Crippen molar-refractivity contribution < 1.29 is 0 Å². The Balaban J connectivity index is 0.000000337. The minimum absolute atomic E-state index is 0.550. The van der Waals surface area contributed by atoms with Gasteiger partial charge in [-0.25, -0.2) is 0 Å². The van der Waals surface area contributed by atoms with Crippen LogP contribution in [0.15, 0.2) is 48.6 Å². The molecule has 0 unspecified atom stereocenters. The molecular weight excluding hydrogens is 204 g/mol. The van der Waals surface area contributed by atoms with E-state index in [-0.39, 0.29) is 0 Å². The normalized spacial score (nSPS) is 9.20. The molecular formula is C12H14N2S. The Labute approximate surface area is 95.2 Å². The zero-order chi connectivity index (χ0) is 11.1. The lowest BCUT2D eigenvalue weighted by Crippen LogP contribution is -1.97. The van der Waals surface area contributed by atoms with Crippen LogP contribution >= 0.6 is 12.6 Å². The number of nitrogens with zero attached hydrogens (tertiary/aromatic N) is 1. The zero-order valence-electron chi connectivity index (χ0n) is 8.43. The third kappa shape index (κ3) is 3.08. The van der Waals surface area contributed by atoms with Gasteiger partial charge in [-0.05, 0) is 16.4 Å². The summed E-state index contributed by atoms with van der Waals surface area (Å²) in [4.78, 5) is 4.10. The van der Waals surface area contributed by atoms with Crippen molar-refractivity contribution in [3.05, 3.63) is 54.2 Å². The Morgan fingerprint density at radius 1 is 1.33 bits per heavy atom. The van der Waals surface area contributed by atoms with Gasteiger partial charge in [0.1, 0.15) is 0 Å². The number of fused-ring (bicyclic) bond motifs is 1. The van der Waals surface area contributed by atoms with Crippen LogP contribution in [-0.2, 0) is 6.54 Å². The van der Waals surface area contributed by atoms with Crippen molar-refractivity contribution in [3.63, 3.8) is 0 Å². The van der Waals surface area contributed by atoms with E-state index in [2.05, 4.69) is 30.3 Å². The maximum atomic E-state index is 5.58. The molecule has 1 aromatic heterocycles. The summed E-state index contributed by atoms with van der Waals surface area (Å²) in [5.41, 5.74) is 6.68. The van der Waals surface area contributed by atoms with Gasteiger partial charge in [0.25, 0.3) is 0 Å². The molecule has 0 amide bonds. The van der Waals surface area contributed by atoms with Crippen LogP contribution in [-0.4, -0.2) is 4.98 Å². The van der Waals surface area contributed by atoms with E-state index < -0.39 is 0 Å². The maximum absolute atomic E-state index is 5.58. The molecule has 0 fully saturated rings. The van der Waals surface area contributed by atoms with Gasteiger partial charge in [-0.3, -0.25) is 4.98 Å². The minimum Gasteiger partial charge on any atom is -0.326 e. The van der Waals surface area contributed by atoms with Crippen LogP contribution in [0.1, 0.15) is 5.56 Å². The number of rotatable bonds is 1. The van der Waals surface area contributed by atoms with E-state index in [1.165, 1.54) is 10.8 Å². The monoisotopic (exact) mass is 218 g/mol. The van der Waals surface area contributed by atoms with Crippen molar-refractivity contribution in [3.8, 4) is 0 Å². The quantitative estimate of drug-likeness (QED) is 0.722. The smallest absolute Gasteiger partial charge is 0.0346 e. The number of hydrogen-bond acceptors (Lipinski definition) is 3. The molecule has 1 aromatic carbocycles. The molecule has 3 heteroatoms. The van der Waals surface area contributed by atoms with Crippen LogP contribution in [0.5, 0.6) is 0 Å². The Kier molecular flexibility index (Phi) is 4.87. The molecule has 2 aromatic rings. The summed E-state index contributed by atoms with van der Waals surface area (Å²) in [7, 11) is 0. The molecule has 0 saturated heterocycles. The summed E-state index contributed by atoms with van der Waals surface area (Å²) in [6, 6.07) is 8.13. The summed E-state index contributed by atoms with van der Waals surface area (Å²) < 4.78 is 0. The summed E-state index contributed by atoms with van der Waals surface area (Å²) in [6.07, 6.45) is 3.68. The molecule has 2 nitrogen and oxygen atoms in total. The first-order valence-corrected chi connectivity index (χ1v) is 5.12. The van der Waals surface area contributed by atoms with E-state index in [0.717, 1.165) is 10.9 Å². The first-order chi connectivity index (χ1) is 7.33. The lowest BCUT2D eigenvalue weighted by molar-refractivity contribution is 1.07. The van der Waals surface area contributed by atoms with Crippen LogP contribution in [0.3, 0.4) is 0 Å². The first kappa shape index (κ1) is 11.8. The third-order valence-corrected chi connectivity index (χ3v) is 1.97. The second-order valence-electron chi connectivity index (χ2n) is 2.91. The lowest BCUT2D eigenvalue weighted by atomic mass is 10.1. The van der Waals surface area contributed by atoms with E-state index in [1.54, 1.807) is 0 Å². The van der Waals surface area contributed by atoms with Crippen LogP contribution < -0.4 is 5.73 Å². The van der Waals surface area contributed by atoms with Crippen molar-refractivity contribution >= 4 is 23.4 Å². The largest absolute Gasteiger partial charge is 0.326 e. The molecule has 0 spiro atoms. The molecule has 0 aliphatic rings. The number of pyridine rings is 1. The fraction of sp³-hybridized carbons (Fsp3) is 0.0833. The third-order valence-electron chi connectivity index (χ3n) is 1.97. The van der Waals surface area contributed by atoms with Crippen molar-refractivity contribution in [2.45, 2.75) is 6.54 Å². The highest BCUT2D eigenvalue weighted by Gasteiger charge is 1.96. The highest BCUT2D eigenvalue weighted by atomic mass is 32.1. The average molecular weight is 218 g/mol. The molecule has 0 radical (unpaired) electrons. The highest BCUT2D eigenvalue weighted by Crippen LogP contribution is 2.15. The van der Waals surface area contributed by atoms with Gasteiger partial charge in [0.05, 0.1) is 0 Å². The average Bonchev–Trinajstić information content (AvgIpc) is 2.29. The number of thiol groups is 1. The predicted molar refractivity (Wildman–Crippen MR) is 68.8 cm³/mol. The predicted octanol–water partition coefficient (Wildman–Crippen LogP) is 2.75. The van der Waals surface area contributed by atoms with Crippen LogP contribution in [0.2, 0.25) is 0 Å². The van der Waals surface area contributed by atoms with Gasteiger partial charge < -0.3 is 5.73 Å². The van der Waals surface area contributed by atoms with Crippen molar-refractivity contribution in [2.75, 3.05) is 0 Å². The van der Waals surface area contributed by atoms with Crippen LogP contribution in [0.4, 0.5) is 0 Å². The fourth-order valence-corrected chi connectivity index (χ4v) is 1.34. The molecule has 15 heavy (non-hydrogen) atoms. The maximum Gasteiger partial charge on any atom is 0.0346 e. The zero-order valence-corrected chi connectivity index (χ0v) is 9.32. The topological polar surface area (TPSA) is 38.9 Å². The number of benzene rings is 1. The number of nitrogens with two attached hydrogens (primary N) is 1. The van der Waals surface area contributed by atoms with Gasteiger partial charge in [0.15, 0.2) is 0 Å². The second kappa shape index (κ2) is 6.22. The Morgan fingerprint density at radius 2 is 2.00 bits per heavy atom. The Morgan fingerprint density at radius 3 is 2.67 bits per heavy atom. The fourth-order valence-electron chi connectivity index (χ4n) is 1.34. The van der Waals surface area contributed by atoms with Gasteiger partial charge in [0, 0.05) is 24.3 Å². The second-order valence-corrected chi connectivity index (χ2v) is 3.27. The first-order valence-electron chi connectivity index (χ1n) is 4.60. The van der Waals surface area contributed by atoms with Gasteiger partial charge in [-0.1, -0.05) is 30.8 Å². The van der Waals surface area contributed by atoms with Gasteiger partial charge in [0.2, 0.25) is 0 Å². The van der Waals surface area contributed by atoms with Gasteiger partial charge in [-0.2, -0.15) is 12.6 Å².